The number of nitrogens with one attached hydrogen (secondary N) is 1. The van der Waals surface area contributed by atoms with Crippen LogP contribution in [0.3, 0.4) is 0 Å². The Morgan fingerprint density at radius 1 is 1.43 bits per heavy atom. The summed E-state index contributed by atoms with van der Waals surface area (Å²) >= 11 is 0. The molecule has 6 heteroatoms. The van der Waals surface area contributed by atoms with Crippen LogP contribution >= 0.6 is 0 Å². The van der Waals surface area contributed by atoms with Crippen molar-refractivity contribution in [1.29, 1.82) is 0 Å². The van der Waals surface area contributed by atoms with Gasteiger partial charge in [0.1, 0.15) is 12.4 Å². The van der Waals surface area contributed by atoms with Crippen molar-refractivity contribution in [2.75, 3.05) is 13.2 Å². The third kappa shape index (κ3) is 6.89. The summed E-state index contributed by atoms with van der Waals surface area (Å²) in [6.45, 7) is 0.164. The van der Waals surface area contributed by atoms with Gasteiger partial charge in [-0.3, -0.25) is 10.0 Å². The maximum absolute atomic E-state index is 10.7. The second-order valence-corrected chi connectivity index (χ2v) is 4.47. The molecule has 1 aromatic carbocycles. The lowest BCUT2D eigenvalue weighted by Crippen LogP contribution is -2.14. The van der Waals surface area contributed by atoms with Crippen molar-refractivity contribution in [3.05, 3.63) is 42.0 Å². The van der Waals surface area contributed by atoms with Gasteiger partial charge in [-0.2, -0.15) is 0 Å². The molecule has 0 aliphatic rings. The number of hydrogen-bond donors (Lipinski definition) is 4. The molecule has 1 aromatic rings. The van der Waals surface area contributed by atoms with Crippen LogP contribution in [0.1, 0.15) is 30.9 Å². The van der Waals surface area contributed by atoms with E-state index in [2.05, 4.69) is 0 Å². The zero-order valence-corrected chi connectivity index (χ0v) is 11.7. The van der Waals surface area contributed by atoms with Crippen molar-refractivity contribution in [1.82, 2.24) is 5.48 Å². The maximum Gasteiger partial charge on any atom is 0.267 e. The number of amides is 1. The van der Waals surface area contributed by atoms with E-state index in [0.29, 0.717) is 25.0 Å². The number of carbonyl (C=O) groups is 1. The minimum atomic E-state index is -0.609. The number of ether oxygens (including phenoxy) is 1. The fraction of sp³-hybridized carbons (Fsp3) is 0.400. The van der Waals surface area contributed by atoms with E-state index in [4.69, 9.17) is 15.1 Å². The molecule has 0 aliphatic carbocycles. The van der Waals surface area contributed by atoms with Crippen LogP contribution in [0.5, 0.6) is 5.75 Å². The second-order valence-electron chi connectivity index (χ2n) is 4.47. The summed E-state index contributed by atoms with van der Waals surface area (Å²) in [6, 6.07) is 7.11. The van der Waals surface area contributed by atoms with Crippen LogP contribution in [0, 0.1) is 0 Å². The molecule has 0 saturated heterocycles. The van der Waals surface area contributed by atoms with Crippen LogP contribution in [-0.4, -0.2) is 34.5 Å². The first-order valence-electron chi connectivity index (χ1n) is 6.79. The number of allylic oxidation sites excluding steroid dienone is 1. The van der Waals surface area contributed by atoms with Crippen LogP contribution in [0.25, 0.3) is 0 Å². The first kappa shape index (κ1) is 17.2. The Balaban J connectivity index is 2.39. The molecular weight excluding hydrogens is 274 g/mol. The molecule has 0 spiro atoms. The lowest BCUT2D eigenvalue weighted by atomic mass is 10.0. The molecule has 1 amide bonds. The van der Waals surface area contributed by atoms with Gasteiger partial charge in [0.15, 0.2) is 0 Å². The molecule has 1 atom stereocenters. The molecule has 6 nitrogen and oxygen atoms in total. The van der Waals surface area contributed by atoms with E-state index in [1.165, 1.54) is 11.6 Å². The summed E-state index contributed by atoms with van der Waals surface area (Å²) in [5.41, 5.74) is 2.26. The van der Waals surface area contributed by atoms with E-state index >= 15 is 0 Å². The Morgan fingerprint density at radius 3 is 2.95 bits per heavy atom. The second kappa shape index (κ2) is 9.93. The Labute approximate surface area is 123 Å². The Bertz CT molecular complexity index is 461. The molecule has 21 heavy (non-hydrogen) atoms. The van der Waals surface area contributed by atoms with Gasteiger partial charge in [-0.15, -0.1) is 0 Å². The normalized spacial score (nSPS) is 12.3. The van der Waals surface area contributed by atoms with E-state index in [9.17, 15) is 9.90 Å². The summed E-state index contributed by atoms with van der Waals surface area (Å²) in [6.07, 6.45) is 4.16. The summed E-state index contributed by atoms with van der Waals surface area (Å²) < 4.78 is 5.29. The molecule has 0 fully saturated rings. The number of hydroxylamine groups is 1. The molecular formula is C15H21NO5. The molecule has 0 saturated carbocycles. The standard InChI is InChI=1S/C15H21NO5/c17-9-10-21-13-6-4-5-12(11-13)14(18)7-2-1-3-8-15(19)16-20/h3-6,8,11,14,17-18,20H,1-2,7,9-10H2,(H,16,19)/b8-3+/t14-/m1/s1. The van der Waals surface area contributed by atoms with Gasteiger partial charge in [-0.25, -0.2) is 5.48 Å². The number of aliphatic hydroxyl groups excluding tert-OH is 2. The van der Waals surface area contributed by atoms with Gasteiger partial charge < -0.3 is 14.9 Å². The van der Waals surface area contributed by atoms with Crippen molar-refractivity contribution >= 4 is 5.91 Å². The molecule has 0 aliphatic heterocycles. The van der Waals surface area contributed by atoms with Gasteiger partial charge in [0.05, 0.1) is 12.7 Å². The molecule has 0 unspecified atom stereocenters. The highest BCUT2D eigenvalue weighted by atomic mass is 16.5. The zero-order chi connectivity index (χ0) is 15.5. The number of unbranched alkanes of at least 4 members (excludes halogenated alkanes) is 1. The number of hydrogen-bond acceptors (Lipinski definition) is 5. The molecule has 4 N–H and O–H groups in total. The van der Waals surface area contributed by atoms with E-state index in [1.807, 2.05) is 6.07 Å². The predicted molar refractivity (Wildman–Crippen MR) is 76.9 cm³/mol. The average Bonchev–Trinajstić information content (AvgIpc) is 2.52. The van der Waals surface area contributed by atoms with Gasteiger partial charge in [0, 0.05) is 6.08 Å². The monoisotopic (exact) mass is 295 g/mol. The SMILES string of the molecule is O=C(/C=C/CCC[C@@H](O)c1cccc(OCCO)c1)NO. The Hall–Kier alpha value is -1.89. The largest absolute Gasteiger partial charge is 0.491 e. The third-order valence-corrected chi connectivity index (χ3v) is 2.83. The maximum atomic E-state index is 10.7. The van der Waals surface area contributed by atoms with Gasteiger partial charge in [-0.05, 0) is 37.0 Å². The topological polar surface area (TPSA) is 99.0 Å². The molecule has 116 valence electrons. The highest BCUT2D eigenvalue weighted by Gasteiger charge is 2.08. The molecule has 0 radical (unpaired) electrons. The predicted octanol–water partition coefficient (Wildman–Crippen LogP) is 1.32. The first-order chi connectivity index (χ1) is 10.2. The number of carbonyl (C=O) groups excluding carboxylic acids is 1. The summed E-state index contributed by atoms with van der Waals surface area (Å²) in [5.74, 6) is 0.0457. The Kier molecular flexibility index (Phi) is 8.11. The number of benzene rings is 1. The lowest BCUT2D eigenvalue weighted by molar-refractivity contribution is -0.124. The van der Waals surface area contributed by atoms with Crippen LogP contribution in [0.15, 0.2) is 36.4 Å². The minimum Gasteiger partial charge on any atom is -0.491 e. The van der Waals surface area contributed by atoms with Gasteiger partial charge in [0.2, 0.25) is 0 Å². The molecule has 0 heterocycles. The van der Waals surface area contributed by atoms with Crippen LogP contribution in [0.2, 0.25) is 0 Å². The number of aliphatic hydroxyl groups is 2. The fourth-order valence-electron chi connectivity index (χ4n) is 1.80. The molecule has 0 bridgehead atoms. The van der Waals surface area contributed by atoms with Gasteiger partial charge in [0.25, 0.3) is 5.91 Å². The van der Waals surface area contributed by atoms with Crippen molar-refractivity contribution in [2.45, 2.75) is 25.4 Å². The minimum absolute atomic E-state index is 0.0550. The van der Waals surface area contributed by atoms with Gasteiger partial charge in [-0.1, -0.05) is 18.2 Å². The average molecular weight is 295 g/mol. The van der Waals surface area contributed by atoms with Crippen LogP contribution in [-0.2, 0) is 4.79 Å². The first-order valence-corrected chi connectivity index (χ1v) is 6.79. The van der Waals surface area contributed by atoms with Crippen molar-refractivity contribution in [3.8, 4) is 5.75 Å². The van der Waals surface area contributed by atoms with Crippen molar-refractivity contribution in [2.24, 2.45) is 0 Å². The van der Waals surface area contributed by atoms with Crippen LogP contribution in [0.4, 0.5) is 0 Å². The summed E-state index contributed by atoms with van der Waals surface area (Å²) in [5, 5.41) is 27.1. The molecule has 0 aromatic heterocycles. The van der Waals surface area contributed by atoms with E-state index in [0.717, 1.165) is 5.56 Å². The highest BCUT2D eigenvalue weighted by molar-refractivity contribution is 5.86. The summed E-state index contributed by atoms with van der Waals surface area (Å²) in [4.78, 5) is 10.7. The van der Waals surface area contributed by atoms with E-state index in [-0.39, 0.29) is 13.2 Å². The van der Waals surface area contributed by atoms with Gasteiger partial charge >= 0.3 is 0 Å². The van der Waals surface area contributed by atoms with Crippen molar-refractivity contribution in [3.63, 3.8) is 0 Å². The number of rotatable bonds is 9. The zero-order valence-electron chi connectivity index (χ0n) is 11.7. The quantitative estimate of drug-likeness (QED) is 0.238. The highest BCUT2D eigenvalue weighted by Crippen LogP contribution is 2.23. The third-order valence-electron chi connectivity index (χ3n) is 2.83. The van der Waals surface area contributed by atoms with Crippen molar-refractivity contribution < 1.29 is 25.0 Å². The fourth-order valence-corrected chi connectivity index (χ4v) is 1.80. The van der Waals surface area contributed by atoms with Crippen LogP contribution < -0.4 is 10.2 Å². The lowest BCUT2D eigenvalue weighted by Gasteiger charge is -2.12. The van der Waals surface area contributed by atoms with E-state index < -0.39 is 12.0 Å². The summed E-state index contributed by atoms with van der Waals surface area (Å²) in [7, 11) is 0. The van der Waals surface area contributed by atoms with E-state index in [1.54, 1.807) is 24.3 Å². The molecule has 1 rings (SSSR count). The smallest absolute Gasteiger partial charge is 0.267 e. The Morgan fingerprint density at radius 2 is 2.24 bits per heavy atom.